The van der Waals surface area contributed by atoms with Crippen molar-refractivity contribution in [2.24, 2.45) is 5.73 Å². The Bertz CT molecular complexity index is 593. The molecule has 0 fully saturated rings. The summed E-state index contributed by atoms with van der Waals surface area (Å²) in [7, 11) is 1.40. The highest BCUT2D eigenvalue weighted by Gasteiger charge is 2.24. The number of pyridine rings is 1. The first kappa shape index (κ1) is 14.5. The molecule has 1 heterocycles. The van der Waals surface area contributed by atoms with Crippen LogP contribution in [0.25, 0.3) is 10.9 Å². The van der Waals surface area contributed by atoms with E-state index in [-0.39, 0.29) is 24.3 Å². The second-order valence-electron chi connectivity index (χ2n) is 4.88. The summed E-state index contributed by atoms with van der Waals surface area (Å²) in [5.41, 5.74) is 8.13. The van der Waals surface area contributed by atoms with E-state index < -0.39 is 0 Å². The molecule has 0 aliphatic rings. The lowest BCUT2D eigenvalue weighted by Crippen LogP contribution is -2.30. The number of hydrogen-bond donors (Lipinski definition) is 1. The Kier molecular flexibility index (Phi) is 4.69. The van der Waals surface area contributed by atoms with Gasteiger partial charge in [-0.15, -0.1) is 0 Å². The molecule has 1 aromatic carbocycles. The summed E-state index contributed by atoms with van der Waals surface area (Å²) in [6, 6.07) is 9.81. The van der Waals surface area contributed by atoms with Gasteiger partial charge >= 0.3 is 5.97 Å². The zero-order valence-electron chi connectivity index (χ0n) is 11.9. The van der Waals surface area contributed by atoms with E-state index in [1.165, 1.54) is 7.11 Å². The number of para-hydroxylation sites is 1. The van der Waals surface area contributed by atoms with Crippen LogP contribution in [0.3, 0.4) is 0 Å². The molecule has 4 nitrogen and oxygen atoms in total. The second-order valence-corrected chi connectivity index (χ2v) is 4.88. The number of carbonyl (C=O) groups is 1. The van der Waals surface area contributed by atoms with Crippen molar-refractivity contribution >= 4 is 16.9 Å². The normalized spacial score (nSPS) is 13.9. The Balaban J connectivity index is 2.47. The van der Waals surface area contributed by atoms with Crippen LogP contribution in [-0.4, -0.2) is 24.1 Å². The van der Waals surface area contributed by atoms with Gasteiger partial charge in [-0.25, -0.2) is 0 Å². The van der Waals surface area contributed by atoms with E-state index in [2.05, 4.69) is 4.98 Å². The molecule has 0 saturated heterocycles. The minimum atomic E-state index is -0.244. The van der Waals surface area contributed by atoms with Crippen LogP contribution in [0.5, 0.6) is 0 Å². The van der Waals surface area contributed by atoms with Gasteiger partial charge < -0.3 is 10.5 Å². The zero-order chi connectivity index (χ0) is 14.5. The van der Waals surface area contributed by atoms with Crippen molar-refractivity contribution in [3.05, 3.63) is 42.1 Å². The van der Waals surface area contributed by atoms with Crippen LogP contribution in [0.1, 0.15) is 31.2 Å². The predicted molar refractivity (Wildman–Crippen MR) is 79.4 cm³/mol. The van der Waals surface area contributed by atoms with E-state index >= 15 is 0 Å². The number of nitrogens with zero attached hydrogens (tertiary/aromatic N) is 1. The van der Waals surface area contributed by atoms with Crippen molar-refractivity contribution in [3.63, 3.8) is 0 Å². The topological polar surface area (TPSA) is 65.2 Å². The van der Waals surface area contributed by atoms with Gasteiger partial charge in [0.15, 0.2) is 0 Å². The molecule has 0 radical (unpaired) electrons. The van der Waals surface area contributed by atoms with Crippen LogP contribution >= 0.6 is 0 Å². The third-order valence-electron chi connectivity index (χ3n) is 3.67. The van der Waals surface area contributed by atoms with Crippen molar-refractivity contribution in [1.82, 2.24) is 4.98 Å². The highest BCUT2D eigenvalue weighted by molar-refractivity contribution is 5.83. The van der Waals surface area contributed by atoms with E-state index in [9.17, 15) is 4.79 Å². The number of rotatable bonds is 5. The maximum atomic E-state index is 11.7. The summed E-state index contributed by atoms with van der Waals surface area (Å²) < 4.78 is 4.79. The number of carbonyl (C=O) groups excluding carboxylic acids is 1. The maximum Gasteiger partial charge on any atom is 0.306 e. The van der Waals surface area contributed by atoms with Gasteiger partial charge in [0.25, 0.3) is 0 Å². The fraction of sp³-hybridized carbons (Fsp3) is 0.375. The van der Waals surface area contributed by atoms with Crippen molar-refractivity contribution in [3.8, 4) is 0 Å². The molecule has 0 spiro atoms. The Morgan fingerprint density at radius 1 is 1.35 bits per heavy atom. The average molecular weight is 272 g/mol. The van der Waals surface area contributed by atoms with E-state index in [1.807, 2.05) is 37.3 Å². The highest BCUT2D eigenvalue weighted by atomic mass is 16.5. The summed E-state index contributed by atoms with van der Waals surface area (Å²) in [6.45, 7) is 2.02. The van der Waals surface area contributed by atoms with Gasteiger partial charge in [0.05, 0.1) is 19.0 Å². The van der Waals surface area contributed by atoms with Crippen molar-refractivity contribution in [2.75, 3.05) is 7.11 Å². The fourth-order valence-electron chi connectivity index (χ4n) is 2.47. The molecule has 2 aromatic rings. The summed E-state index contributed by atoms with van der Waals surface area (Å²) in [5.74, 6) is -0.321. The van der Waals surface area contributed by atoms with E-state index in [0.717, 1.165) is 22.9 Å². The minimum absolute atomic E-state index is 0.0777. The lowest BCUT2D eigenvalue weighted by atomic mass is 9.86. The lowest BCUT2D eigenvalue weighted by molar-refractivity contribution is -0.141. The molecular weight excluding hydrogens is 252 g/mol. The molecule has 4 heteroatoms. The lowest BCUT2D eigenvalue weighted by Gasteiger charge is -2.23. The number of methoxy groups -OCH3 is 1. The third-order valence-corrected chi connectivity index (χ3v) is 3.67. The number of nitrogens with two attached hydrogens (primary N) is 1. The standard InChI is InChI=1S/C16H20N2O2/c1-3-14(17)13(10-15(19)20-2)12-8-4-6-11-7-5-9-18-16(11)12/h4-9,13-14H,3,10,17H2,1-2H3. The van der Waals surface area contributed by atoms with Crippen LogP contribution in [-0.2, 0) is 9.53 Å². The molecule has 0 bridgehead atoms. The van der Waals surface area contributed by atoms with Crippen LogP contribution in [0.15, 0.2) is 36.5 Å². The van der Waals surface area contributed by atoms with Crippen LogP contribution in [0.2, 0.25) is 0 Å². The number of fused-ring (bicyclic) bond motifs is 1. The Hall–Kier alpha value is -1.94. The molecule has 0 aliphatic carbocycles. The summed E-state index contributed by atoms with van der Waals surface area (Å²) in [6.07, 6.45) is 2.84. The Morgan fingerprint density at radius 2 is 2.10 bits per heavy atom. The third kappa shape index (κ3) is 2.96. The number of ether oxygens (including phenoxy) is 1. The Labute approximate surface area is 119 Å². The molecule has 1 aromatic heterocycles. The predicted octanol–water partition coefficient (Wildman–Crippen LogP) is 2.62. The van der Waals surface area contributed by atoms with Crippen molar-refractivity contribution in [2.45, 2.75) is 31.7 Å². The first-order chi connectivity index (χ1) is 9.67. The molecule has 106 valence electrons. The van der Waals surface area contributed by atoms with Gasteiger partial charge in [-0.05, 0) is 18.1 Å². The minimum Gasteiger partial charge on any atom is -0.469 e. The zero-order valence-corrected chi connectivity index (χ0v) is 11.9. The summed E-state index contributed by atoms with van der Waals surface area (Å²) in [5, 5.41) is 1.06. The average Bonchev–Trinajstić information content (AvgIpc) is 2.51. The fourth-order valence-corrected chi connectivity index (χ4v) is 2.47. The summed E-state index contributed by atoms with van der Waals surface area (Å²) >= 11 is 0. The van der Waals surface area contributed by atoms with Gasteiger partial charge in [0.1, 0.15) is 0 Å². The number of hydrogen-bond acceptors (Lipinski definition) is 4. The molecule has 2 rings (SSSR count). The van der Waals surface area contributed by atoms with Gasteiger partial charge in [-0.1, -0.05) is 31.2 Å². The molecule has 0 saturated carbocycles. The van der Waals surface area contributed by atoms with E-state index in [4.69, 9.17) is 10.5 Å². The number of aromatic nitrogens is 1. The first-order valence-corrected chi connectivity index (χ1v) is 6.83. The summed E-state index contributed by atoms with van der Waals surface area (Å²) in [4.78, 5) is 16.1. The molecule has 2 N–H and O–H groups in total. The molecule has 2 atom stereocenters. The Morgan fingerprint density at radius 3 is 2.80 bits per heavy atom. The maximum absolute atomic E-state index is 11.7. The highest BCUT2D eigenvalue weighted by Crippen LogP contribution is 2.29. The second kappa shape index (κ2) is 6.48. The quantitative estimate of drug-likeness (QED) is 0.850. The number of esters is 1. The largest absolute Gasteiger partial charge is 0.469 e. The SMILES string of the molecule is CCC(N)C(CC(=O)OC)c1cccc2cccnc12. The van der Waals surface area contributed by atoms with E-state index in [1.54, 1.807) is 6.20 Å². The molecule has 20 heavy (non-hydrogen) atoms. The monoisotopic (exact) mass is 272 g/mol. The molecular formula is C16H20N2O2. The first-order valence-electron chi connectivity index (χ1n) is 6.83. The van der Waals surface area contributed by atoms with Gasteiger partial charge in [0.2, 0.25) is 0 Å². The molecule has 2 unspecified atom stereocenters. The van der Waals surface area contributed by atoms with Crippen molar-refractivity contribution < 1.29 is 9.53 Å². The van der Waals surface area contributed by atoms with Crippen LogP contribution in [0.4, 0.5) is 0 Å². The molecule has 0 aliphatic heterocycles. The van der Waals surface area contributed by atoms with E-state index in [0.29, 0.717) is 0 Å². The van der Waals surface area contributed by atoms with Crippen LogP contribution < -0.4 is 5.73 Å². The molecule has 0 amide bonds. The van der Waals surface area contributed by atoms with Crippen molar-refractivity contribution in [1.29, 1.82) is 0 Å². The van der Waals surface area contributed by atoms with Gasteiger partial charge in [-0.3, -0.25) is 9.78 Å². The smallest absolute Gasteiger partial charge is 0.306 e. The van der Waals surface area contributed by atoms with Gasteiger partial charge in [0, 0.05) is 23.5 Å². The van der Waals surface area contributed by atoms with Gasteiger partial charge in [-0.2, -0.15) is 0 Å². The van der Waals surface area contributed by atoms with Crippen LogP contribution in [0, 0.1) is 0 Å². The number of benzene rings is 1.